The van der Waals surface area contributed by atoms with E-state index in [0.717, 1.165) is 11.3 Å². The predicted molar refractivity (Wildman–Crippen MR) is 72.6 cm³/mol. The van der Waals surface area contributed by atoms with Crippen LogP contribution in [0.5, 0.6) is 0 Å². The number of nitrogens with two attached hydrogens (primary N) is 1. The van der Waals surface area contributed by atoms with Gasteiger partial charge in [-0.1, -0.05) is 27.7 Å². The lowest BCUT2D eigenvalue weighted by Gasteiger charge is -2.22. The Morgan fingerprint density at radius 2 is 2.12 bits per heavy atom. The van der Waals surface area contributed by atoms with Crippen LogP contribution < -0.4 is 5.73 Å². The molecule has 0 aliphatic rings. The van der Waals surface area contributed by atoms with E-state index in [9.17, 15) is 4.79 Å². The standard InChI is InChI=1S/C13H21NO2S/c1-8(7-13(2,3)4)10-6-9(11(14)17-10)12(15)16-5/h6,8H,7,14H2,1-5H3. The molecule has 0 aliphatic heterocycles. The number of anilines is 1. The minimum Gasteiger partial charge on any atom is -0.465 e. The first kappa shape index (κ1) is 14.0. The van der Waals surface area contributed by atoms with Crippen molar-refractivity contribution in [3.63, 3.8) is 0 Å². The molecule has 4 heteroatoms. The molecule has 1 aromatic rings. The Balaban J connectivity index is 2.90. The Bertz CT molecular complexity index is 404. The molecule has 0 aromatic carbocycles. The maximum atomic E-state index is 11.5. The molecule has 0 aliphatic carbocycles. The van der Waals surface area contributed by atoms with Crippen LogP contribution >= 0.6 is 11.3 Å². The molecule has 0 saturated heterocycles. The van der Waals surface area contributed by atoms with E-state index in [2.05, 4.69) is 27.7 Å². The smallest absolute Gasteiger partial charge is 0.340 e. The zero-order chi connectivity index (χ0) is 13.2. The lowest BCUT2D eigenvalue weighted by Crippen LogP contribution is -2.09. The van der Waals surface area contributed by atoms with Crippen molar-refractivity contribution < 1.29 is 9.53 Å². The summed E-state index contributed by atoms with van der Waals surface area (Å²) in [5, 5.41) is 0.549. The molecule has 1 unspecified atom stereocenters. The van der Waals surface area contributed by atoms with Gasteiger partial charge in [-0.05, 0) is 23.8 Å². The molecule has 1 atom stereocenters. The van der Waals surface area contributed by atoms with Gasteiger partial charge in [0.05, 0.1) is 12.7 Å². The van der Waals surface area contributed by atoms with Crippen molar-refractivity contribution in [2.45, 2.75) is 40.0 Å². The fourth-order valence-electron chi connectivity index (χ4n) is 1.96. The molecule has 3 nitrogen and oxygen atoms in total. The van der Waals surface area contributed by atoms with Gasteiger partial charge in [-0.3, -0.25) is 0 Å². The van der Waals surface area contributed by atoms with Crippen LogP contribution in [-0.2, 0) is 4.74 Å². The molecule has 96 valence electrons. The van der Waals surface area contributed by atoms with Gasteiger partial charge in [0.15, 0.2) is 0 Å². The first-order chi connectivity index (χ1) is 7.74. The van der Waals surface area contributed by atoms with Gasteiger partial charge in [-0.15, -0.1) is 11.3 Å². The van der Waals surface area contributed by atoms with Crippen molar-refractivity contribution >= 4 is 22.3 Å². The fourth-order valence-corrected chi connectivity index (χ4v) is 2.92. The number of hydrogen-bond donors (Lipinski definition) is 1. The van der Waals surface area contributed by atoms with Gasteiger partial charge in [-0.2, -0.15) is 0 Å². The van der Waals surface area contributed by atoms with Crippen molar-refractivity contribution in [3.8, 4) is 0 Å². The molecule has 0 saturated carbocycles. The topological polar surface area (TPSA) is 52.3 Å². The highest BCUT2D eigenvalue weighted by Gasteiger charge is 2.21. The maximum absolute atomic E-state index is 11.5. The molecular formula is C13H21NO2S. The second-order valence-electron chi connectivity index (χ2n) is 5.58. The number of rotatable bonds is 3. The fraction of sp³-hybridized carbons (Fsp3) is 0.615. The lowest BCUT2D eigenvalue weighted by molar-refractivity contribution is 0.0602. The zero-order valence-electron chi connectivity index (χ0n) is 11.2. The van der Waals surface area contributed by atoms with Crippen LogP contribution in [0.15, 0.2) is 6.07 Å². The summed E-state index contributed by atoms with van der Waals surface area (Å²) in [7, 11) is 1.37. The highest BCUT2D eigenvalue weighted by Crippen LogP contribution is 2.37. The third-order valence-electron chi connectivity index (χ3n) is 2.59. The number of methoxy groups -OCH3 is 1. The van der Waals surface area contributed by atoms with E-state index in [1.165, 1.54) is 18.4 Å². The quantitative estimate of drug-likeness (QED) is 0.839. The number of carbonyl (C=O) groups excluding carboxylic acids is 1. The molecule has 2 N–H and O–H groups in total. The Morgan fingerprint density at radius 1 is 1.53 bits per heavy atom. The van der Waals surface area contributed by atoms with Crippen molar-refractivity contribution in [1.82, 2.24) is 0 Å². The summed E-state index contributed by atoms with van der Waals surface area (Å²) in [6.07, 6.45) is 1.06. The molecule has 0 amide bonds. The second kappa shape index (κ2) is 5.08. The predicted octanol–water partition coefficient (Wildman–Crippen LogP) is 3.66. The largest absolute Gasteiger partial charge is 0.465 e. The Hall–Kier alpha value is -1.03. The van der Waals surface area contributed by atoms with E-state index in [1.54, 1.807) is 0 Å². The van der Waals surface area contributed by atoms with Crippen LogP contribution in [0.1, 0.15) is 55.3 Å². The highest BCUT2D eigenvalue weighted by atomic mass is 32.1. The van der Waals surface area contributed by atoms with Crippen LogP contribution in [0.25, 0.3) is 0 Å². The van der Waals surface area contributed by atoms with E-state index >= 15 is 0 Å². The van der Waals surface area contributed by atoms with E-state index in [0.29, 0.717) is 16.5 Å². The summed E-state index contributed by atoms with van der Waals surface area (Å²) in [6.45, 7) is 8.79. The number of hydrogen-bond acceptors (Lipinski definition) is 4. The number of thiophene rings is 1. The van der Waals surface area contributed by atoms with Gasteiger partial charge in [0.2, 0.25) is 0 Å². The highest BCUT2D eigenvalue weighted by molar-refractivity contribution is 7.16. The number of nitrogen functional groups attached to an aromatic ring is 1. The molecular weight excluding hydrogens is 234 g/mol. The van der Waals surface area contributed by atoms with Gasteiger partial charge in [0.25, 0.3) is 0 Å². The first-order valence-electron chi connectivity index (χ1n) is 5.72. The molecule has 1 heterocycles. The van der Waals surface area contributed by atoms with Crippen LogP contribution in [0.4, 0.5) is 5.00 Å². The van der Waals surface area contributed by atoms with Crippen molar-refractivity contribution in [2.75, 3.05) is 12.8 Å². The third kappa shape index (κ3) is 3.73. The van der Waals surface area contributed by atoms with Gasteiger partial charge in [-0.25, -0.2) is 4.79 Å². The summed E-state index contributed by atoms with van der Waals surface area (Å²) >= 11 is 1.48. The molecule has 0 radical (unpaired) electrons. The maximum Gasteiger partial charge on any atom is 0.340 e. The summed E-state index contributed by atoms with van der Waals surface area (Å²) in [4.78, 5) is 12.6. The normalized spacial score (nSPS) is 13.5. The number of esters is 1. The van der Waals surface area contributed by atoms with Crippen LogP contribution in [0.3, 0.4) is 0 Å². The van der Waals surface area contributed by atoms with Crippen molar-refractivity contribution in [3.05, 3.63) is 16.5 Å². The van der Waals surface area contributed by atoms with Crippen LogP contribution in [0.2, 0.25) is 0 Å². The average Bonchev–Trinajstić information content (AvgIpc) is 2.57. The third-order valence-corrected chi connectivity index (χ3v) is 3.79. The summed E-state index contributed by atoms with van der Waals surface area (Å²) < 4.78 is 4.70. The molecule has 1 rings (SSSR count). The van der Waals surface area contributed by atoms with Crippen molar-refractivity contribution in [1.29, 1.82) is 0 Å². The van der Waals surface area contributed by atoms with E-state index in [-0.39, 0.29) is 11.4 Å². The molecule has 0 spiro atoms. The molecule has 0 fully saturated rings. The zero-order valence-corrected chi connectivity index (χ0v) is 12.0. The Morgan fingerprint density at radius 3 is 2.59 bits per heavy atom. The minimum absolute atomic E-state index is 0.267. The van der Waals surface area contributed by atoms with Gasteiger partial charge in [0, 0.05) is 4.88 Å². The van der Waals surface area contributed by atoms with Crippen LogP contribution in [0, 0.1) is 5.41 Å². The number of carbonyl (C=O) groups is 1. The summed E-state index contributed by atoms with van der Waals surface area (Å²) in [5.41, 5.74) is 6.60. The van der Waals surface area contributed by atoms with E-state index in [4.69, 9.17) is 10.5 Å². The molecule has 1 aromatic heterocycles. The van der Waals surface area contributed by atoms with Gasteiger partial charge in [0.1, 0.15) is 5.00 Å². The second-order valence-corrected chi connectivity index (χ2v) is 6.70. The SMILES string of the molecule is COC(=O)c1cc(C(C)CC(C)(C)C)sc1N. The lowest BCUT2D eigenvalue weighted by atomic mass is 9.85. The van der Waals surface area contributed by atoms with Crippen LogP contribution in [-0.4, -0.2) is 13.1 Å². The van der Waals surface area contributed by atoms with Gasteiger partial charge < -0.3 is 10.5 Å². The van der Waals surface area contributed by atoms with Crippen molar-refractivity contribution in [2.24, 2.45) is 5.41 Å². The Kier molecular flexibility index (Phi) is 4.20. The summed E-state index contributed by atoms with van der Waals surface area (Å²) in [6, 6.07) is 1.86. The first-order valence-corrected chi connectivity index (χ1v) is 6.54. The van der Waals surface area contributed by atoms with E-state index < -0.39 is 0 Å². The monoisotopic (exact) mass is 255 g/mol. The minimum atomic E-state index is -0.354. The Labute approximate surface area is 107 Å². The number of ether oxygens (including phenoxy) is 1. The van der Waals surface area contributed by atoms with Gasteiger partial charge >= 0.3 is 5.97 Å². The molecule has 17 heavy (non-hydrogen) atoms. The summed E-state index contributed by atoms with van der Waals surface area (Å²) in [5.74, 6) is 0.0497. The average molecular weight is 255 g/mol. The molecule has 0 bridgehead atoms. The van der Waals surface area contributed by atoms with E-state index in [1.807, 2.05) is 6.07 Å².